The average molecular weight is 247 g/mol. The van der Waals surface area contributed by atoms with Crippen molar-refractivity contribution in [3.63, 3.8) is 0 Å². The summed E-state index contributed by atoms with van der Waals surface area (Å²) in [6.07, 6.45) is 0. The second-order valence-corrected chi connectivity index (χ2v) is 4.03. The minimum absolute atomic E-state index is 0.330. The molecule has 0 spiro atoms. The van der Waals surface area contributed by atoms with Crippen LogP contribution in [-0.4, -0.2) is 23.6 Å². The predicted molar refractivity (Wildman–Crippen MR) is 68.1 cm³/mol. The Morgan fingerprint density at radius 2 is 2.28 bits per heavy atom. The summed E-state index contributed by atoms with van der Waals surface area (Å²) in [5.74, 6) is 0.0675. The number of aromatic nitrogens is 1. The Hall–Kier alpha value is -2.09. The molecule has 0 amide bonds. The number of nitrogens with zero attached hydrogens (tertiary/aromatic N) is 2. The highest BCUT2D eigenvalue weighted by Crippen LogP contribution is 2.18. The van der Waals surface area contributed by atoms with Gasteiger partial charge in [-0.25, -0.2) is 9.78 Å². The van der Waals surface area contributed by atoms with E-state index in [0.717, 1.165) is 11.3 Å². The SMILES string of the molecule is CCOC(=O)C(C)Nc1nc(C)cc(C)c1C#N. The molecule has 0 saturated heterocycles. The summed E-state index contributed by atoms with van der Waals surface area (Å²) in [7, 11) is 0. The van der Waals surface area contributed by atoms with Gasteiger partial charge < -0.3 is 10.1 Å². The first kappa shape index (κ1) is 14.0. The van der Waals surface area contributed by atoms with Crippen molar-refractivity contribution in [2.75, 3.05) is 11.9 Å². The lowest BCUT2D eigenvalue weighted by Crippen LogP contribution is -2.29. The molecule has 0 radical (unpaired) electrons. The zero-order valence-electron chi connectivity index (χ0n) is 11.1. The summed E-state index contributed by atoms with van der Waals surface area (Å²) in [6, 6.07) is 3.39. The fraction of sp³-hybridized carbons (Fsp3) is 0.462. The third kappa shape index (κ3) is 3.20. The van der Waals surface area contributed by atoms with E-state index in [9.17, 15) is 4.79 Å². The summed E-state index contributed by atoms with van der Waals surface area (Å²) in [5.41, 5.74) is 2.09. The number of esters is 1. The van der Waals surface area contributed by atoms with Gasteiger partial charge in [-0.2, -0.15) is 5.26 Å². The van der Waals surface area contributed by atoms with Crippen molar-refractivity contribution in [2.45, 2.75) is 33.7 Å². The molecule has 1 rings (SSSR count). The van der Waals surface area contributed by atoms with E-state index in [1.54, 1.807) is 13.8 Å². The van der Waals surface area contributed by atoms with Crippen molar-refractivity contribution >= 4 is 11.8 Å². The molecule has 1 aromatic heterocycles. The van der Waals surface area contributed by atoms with Crippen LogP contribution in [0, 0.1) is 25.2 Å². The standard InChI is InChI=1S/C13H17N3O2/c1-5-18-13(17)10(4)16-12-11(7-14)8(2)6-9(3)15-12/h6,10H,5H2,1-4H3,(H,15,16). The van der Waals surface area contributed by atoms with Crippen LogP contribution in [0.5, 0.6) is 0 Å². The zero-order chi connectivity index (χ0) is 13.7. The van der Waals surface area contributed by atoms with E-state index in [1.165, 1.54) is 0 Å². The van der Waals surface area contributed by atoms with Crippen LogP contribution in [0.3, 0.4) is 0 Å². The number of hydrogen-bond donors (Lipinski definition) is 1. The number of nitriles is 1. The summed E-state index contributed by atoms with van der Waals surface area (Å²) >= 11 is 0. The maximum Gasteiger partial charge on any atom is 0.328 e. The monoisotopic (exact) mass is 247 g/mol. The van der Waals surface area contributed by atoms with Crippen LogP contribution in [0.2, 0.25) is 0 Å². The highest BCUT2D eigenvalue weighted by Gasteiger charge is 2.17. The van der Waals surface area contributed by atoms with Crippen LogP contribution in [0.1, 0.15) is 30.7 Å². The normalized spacial score (nSPS) is 11.5. The van der Waals surface area contributed by atoms with E-state index in [2.05, 4.69) is 16.4 Å². The molecule has 1 heterocycles. The third-order valence-corrected chi connectivity index (χ3v) is 2.45. The number of rotatable bonds is 4. The molecule has 1 atom stereocenters. The van der Waals surface area contributed by atoms with Gasteiger partial charge in [-0.1, -0.05) is 0 Å². The number of carbonyl (C=O) groups excluding carboxylic acids is 1. The quantitative estimate of drug-likeness (QED) is 0.823. The van der Waals surface area contributed by atoms with Crippen LogP contribution < -0.4 is 5.32 Å². The van der Waals surface area contributed by atoms with E-state index in [1.807, 2.05) is 19.9 Å². The maximum atomic E-state index is 11.5. The molecular weight excluding hydrogens is 230 g/mol. The lowest BCUT2D eigenvalue weighted by atomic mass is 10.1. The van der Waals surface area contributed by atoms with Gasteiger partial charge in [0.15, 0.2) is 0 Å². The van der Waals surface area contributed by atoms with Crippen molar-refractivity contribution in [2.24, 2.45) is 0 Å². The molecule has 0 aliphatic carbocycles. The van der Waals surface area contributed by atoms with Gasteiger partial charge >= 0.3 is 5.97 Å². The van der Waals surface area contributed by atoms with E-state index < -0.39 is 6.04 Å². The molecule has 5 nitrogen and oxygen atoms in total. The van der Waals surface area contributed by atoms with E-state index in [-0.39, 0.29) is 5.97 Å². The molecule has 1 aromatic rings. The first-order valence-electron chi connectivity index (χ1n) is 5.81. The smallest absolute Gasteiger partial charge is 0.328 e. The zero-order valence-corrected chi connectivity index (χ0v) is 11.1. The van der Waals surface area contributed by atoms with E-state index >= 15 is 0 Å². The molecule has 0 bridgehead atoms. The fourth-order valence-electron chi connectivity index (χ4n) is 1.61. The van der Waals surface area contributed by atoms with Crippen LogP contribution >= 0.6 is 0 Å². The summed E-state index contributed by atoms with van der Waals surface area (Å²) < 4.78 is 4.90. The Morgan fingerprint density at radius 3 is 2.83 bits per heavy atom. The van der Waals surface area contributed by atoms with Gasteiger partial charge in [0.1, 0.15) is 17.9 Å². The molecule has 18 heavy (non-hydrogen) atoms. The Morgan fingerprint density at radius 1 is 1.61 bits per heavy atom. The second kappa shape index (κ2) is 6.01. The number of aryl methyl sites for hydroxylation is 2. The summed E-state index contributed by atoms with van der Waals surface area (Å²) in [4.78, 5) is 15.8. The molecular formula is C13H17N3O2. The summed E-state index contributed by atoms with van der Waals surface area (Å²) in [5, 5.41) is 12.0. The molecule has 0 saturated carbocycles. The lowest BCUT2D eigenvalue weighted by Gasteiger charge is -2.15. The van der Waals surface area contributed by atoms with Crippen LogP contribution in [0.4, 0.5) is 5.82 Å². The fourth-order valence-corrected chi connectivity index (χ4v) is 1.61. The number of nitrogens with one attached hydrogen (secondary N) is 1. The highest BCUT2D eigenvalue weighted by atomic mass is 16.5. The van der Waals surface area contributed by atoms with Crippen molar-refractivity contribution < 1.29 is 9.53 Å². The van der Waals surface area contributed by atoms with Crippen molar-refractivity contribution in [3.05, 3.63) is 22.9 Å². The highest BCUT2D eigenvalue weighted by molar-refractivity contribution is 5.79. The van der Waals surface area contributed by atoms with Gasteiger partial charge in [0.05, 0.1) is 12.2 Å². The number of anilines is 1. The molecule has 1 unspecified atom stereocenters. The Labute approximate surface area is 107 Å². The lowest BCUT2D eigenvalue weighted by molar-refractivity contribution is -0.143. The Balaban J connectivity index is 2.97. The second-order valence-electron chi connectivity index (χ2n) is 4.03. The van der Waals surface area contributed by atoms with Crippen molar-refractivity contribution in [3.8, 4) is 6.07 Å². The average Bonchev–Trinajstić information content (AvgIpc) is 2.28. The largest absolute Gasteiger partial charge is 0.464 e. The number of hydrogen-bond acceptors (Lipinski definition) is 5. The van der Waals surface area contributed by atoms with Crippen LogP contribution in [-0.2, 0) is 9.53 Å². The maximum absolute atomic E-state index is 11.5. The van der Waals surface area contributed by atoms with Gasteiger partial charge in [-0.15, -0.1) is 0 Å². The van der Waals surface area contributed by atoms with Gasteiger partial charge in [0.2, 0.25) is 0 Å². The molecule has 0 aliphatic heterocycles. The number of ether oxygens (including phenoxy) is 1. The molecule has 0 aromatic carbocycles. The van der Waals surface area contributed by atoms with E-state index in [0.29, 0.717) is 18.0 Å². The third-order valence-electron chi connectivity index (χ3n) is 2.45. The van der Waals surface area contributed by atoms with Crippen LogP contribution in [0.15, 0.2) is 6.07 Å². The van der Waals surface area contributed by atoms with E-state index in [4.69, 9.17) is 10.00 Å². The number of pyridine rings is 1. The van der Waals surface area contributed by atoms with Crippen molar-refractivity contribution in [1.82, 2.24) is 4.98 Å². The molecule has 5 heteroatoms. The minimum atomic E-state index is -0.536. The van der Waals surface area contributed by atoms with Crippen LogP contribution in [0.25, 0.3) is 0 Å². The van der Waals surface area contributed by atoms with Gasteiger partial charge in [-0.3, -0.25) is 0 Å². The first-order chi connectivity index (χ1) is 8.49. The molecule has 96 valence electrons. The van der Waals surface area contributed by atoms with Gasteiger partial charge in [0, 0.05) is 5.69 Å². The molecule has 0 fully saturated rings. The Kier molecular flexibility index (Phi) is 4.67. The predicted octanol–water partition coefficient (Wildman–Crippen LogP) is 1.93. The van der Waals surface area contributed by atoms with Crippen molar-refractivity contribution in [1.29, 1.82) is 5.26 Å². The van der Waals surface area contributed by atoms with Gasteiger partial charge in [0.25, 0.3) is 0 Å². The topological polar surface area (TPSA) is 75.0 Å². The number of carbonyl (C=O) groups is 1. The van der Waals surface area contributed by atoms with Gasteiger partial charge in [-0.05, 0) is 39.3 Å². The first-order valence-corrected chi connectivity index (χ1v) is 5.81. The summed E-state index contributed by atoms with van der Waals surface area (Å²) in [6.45, 7) is 7.44. The Bertz CT molecular complexity index is 492. The molecule has 0 aliphatic rings. The minimum Gasteiger partial charge on any atom is -0.464 e. The molecule has 1 N–H and O–H groups in total.